The lowest BCUT2D eigenvalue weighted by atomic mass is 9.68. The zero-order chi connectivity index (χ0) is 17.6. The SMILES string of the molecule is O=Cc1nn(C2CC2)c2c1C=CC(c1ccccc1)(c1ccccc1)C2. The molecule has 0 amide bonds. The molecule has 0 atom stereocenters. The Bertz CT molecular complexity index is 942. The van der Waals surface area contributed by atoms with Gasteiger partial charge < -0.3 is 0 Å². The molecule has 128 valence electrons. The minimum atomic E-state index is -0.234. The summed E-state index contributed by atoms with van der Waals surface area (Å²) in [4.78, 5) is 11.5. The molecule has 3 nitrogen and oxygen atoms in total. The number of aromatic nitrogens is 2. The van der Waals surface area contributed by atoms with Crippen LogP contribution in [0.5, 0.6) is 0 Å². The highest BCUT2D eigenvalue weighted by atomic mass is 16.1. The van der Waals surface area contributed by atoms with Gasteiger partial charge in [-0.05, 0) is 24.0 Å². The molecule has 0 spiro atoms. The van der Waals surface area contributed by atoms with E-state index in [1.54, 1.807) is 0 Å². The Morgan fingerprint density at radius 3 is 2.12 bits per heavy atom. The van der Waals surface area contributed by atoms with Crippen molar-refractivity contribution in [2.45, 2.75) is 30.7 Å². The maximum absolute atomic E-state index is 11.5. The van der Waals surface area contributed by atoms with Crippen LogP contribution in [0.25, 0.3) is 6.08 Å². The smallest absolute Gasteiger partial charge is 0.170 e. The topological polar surface area (TPSA) is 34.9 Å². The molecule has 3 heteroatoms. The van der Waals surface area contributed by atoms with Gasteiger partial charge in [-0.15, -0.1) is 0 Å². The fraction of sp³-hybridized carbons (Fsp3) is 0.217. The Morgan fingerprint density at radius 2 is 1.58 bits per heavy atom. The van der Waals surface area contributed by atoms with Crippen LogP contribution in [0, 0.1) is 0 Å². The van der Waals surface area contributed by atoms with Crippen molar-refractivity contribution in [1.82, 2.24) is 9.78 Å². The van der Waals surface area contributed by atoms with Crippen molar-refractivity contribution in [2.24, 2.45) is 0 Å². The third kappa shape index (κ3) is 2.27. The van der Waals surface area contributed by atoms with Crippen molar-refractivity contribution in [3.05, 3.63) is 94.8 Å². The first kappa shape index (κ1) is 15.3. The predicted octanol–water partition coefficient (Wildman–Crippen LogP) is 4.59. The molecule has 0 aliphatic heterocycles. The van der Waals surface area contributed by atoms with Gasteiger partial charge in [-0.2, -0.15) is 5.10 Å². The van der Waals surface area contributed by atoms with E-state index in [4.69, 9.17) is 0 Å². The molecule has 5 rings (SSSR count). The predicted molar refractivity (Wildman–Crippen MR) is 102 cm³/mol. The number of hydrogen-bond donors (Lipinski definition) is 0. The van der Waals surface area contributed by atoms with Crippen LogP contribution in [-0.4, -0.2) is 16.1 Å². The second kappa shape index (κ2) is 5.80. The largest absolute Gasteiger partial charge is 0.296 e. The molecule has 1 fully saturated rings. The highest BCUT2D eigenvalue weighted by molar-refractivity contribution is 5.81. The van der Waals surface area contributed by atoms with Gasteiger partial charge in [0.05, 0.1) is 6.04 Å². The summed E-state index contributed by atoms with van der Waals surface area (Å²) >= 11 is 0. The number of allylic oxidation sites excluding steroid dienone is 1. The molecule has 0 radical (unpaired) electrons. The van der Waals surface area contributed by atoms with E-state index < -0.39 is 0 Å². The molecule has 3 aromatic rings. The van der Waals surface area contributed by atoms with Gasteiger partial charge in [0.15, 0.2) is 6.29 Å². The van der Waals surface area contributed by atoms with Gasteiger partial charge in [0, 0.05) is 23.1 Å². The lowest BCUT2D eigenvalue weighted by Crippen LogP contribution is -2.31. The molecule has 0 bridgehead atoms. The molecule has 2 aliphatic rings. The van der Waals surface area contributed by atoms with Crippen LogP contribution < -0.4 is 0 Å². The van der Waals surface area contributed by atoms with E-state index in [1.807, 2.05) is 0 Å². The number of carbonyl (C=O) groups excluding carboxylic acids is 1. The number of fused-ring (bicyclic) bond motifs is 1. The Balaban J connectivity index is 1.72. The fourth-order valence-electron chi connectivity index (χ4n) is 4.15. The zero-order valence-electron chi connectivity index (χ0n) is 14.5. The third-order valence-corrected chi connectivity index (χ3v) is 5.64. The highest BCUT2D eigenvalue weighted by Gasteiger charge is 2.39. The molecule has 1 aromatic heterocycles. The van der Waals surface area contributed by atoms with Crippen LogP contribution in [-0.2, 0) is 11.8 Å². The number of benzene rings is 2. The molecule has 0 N–H and O–H groups in total. The maximum Gasteiger partial charge on any atom is 0.170 e. The Kier molecular flexibility index (Phi) is 3.42. The summed E-state index contributed by atoms with van der Waals surface area (Å²) in [7, 11) is 0. The van der Waals surface area contributed by atoms with Gasteiger partial charge in [-0.1, -0.05) is 72.8 Å². The summed E-state index contributed by atoms with van der Waals surface area (Å²) in [5.74, 6) is 0. The van der Waals surface area contributed by atoms with Gasteiger partial charge in [0.25, 0.3) is 0 Å². The van der Waals surface area contributed by atoms with Crippen LogP contribution in [0.4, 0.5) is 0 Å². The minimum Gasteiger partial charge on any atom is -0.296 e. The normalized spacial score (nSPS) is 17.7. The Labute approximate surface area is 153 Å². The summed E-state index contributed by atoms with van der Waals surface area (Å²) in [6, 6.07) is 21.7. The number of nitrogens with zero attached hydrogens (tertiary/aromatic N) is 2. The average Bonchev–Trinajstić information content (AvgIpc) is 3.50. The molecule has 0 unspecified atom stereocenters. The van der Waals surface area contributed by atoms with Crippen molar-refractivity contribution in [2.75, 3.05) is 0 Å². The monoisotopic (exact) mass is 340 g/mol. The van der Waals surface area contributed by atoms with Gasteiger partial charge in [0.2, 0.25) is 0 Å². The molecule has 2 aliphatic carbocycles. The van der Waals surface area contributed by atoms with Crippen molar-refractivity contribution < 1.29 is 4.79 Å². The van der Waals surface area contributed by atoms with Gasteiger partial charge in [-0.25, -0.2) is 0 Å². The first-order valence-corrected chi connectivity index (χ1v) is 9.19. The average molecular weight is 340 g/mol. The van der Waals surface area contributed by atoms with E-state index in [1.165, 1.54) is 16.8 Å². The summed E-state index contributed by atoms with van der Waals surface area (Å²) in [5.41, 5.74) is 5.05. The van der Waals surface area contributed by atoms with Crippen molar-refractivity contribution in [3.8, 4) is 0 Å². The summed E-state index contributed by atoms with van der Waals surface area (Å²) in [6.45, 7) is 0. The molecule has 2 aromatic carbocycles. The number of rotatable bonds is 4. The van der Waals surface area contributed by atoms with Crippen molar-refractivity contribution in [1.29, 1.82) is 0 Å². The van der Waals surface area contributed by atoms with E-state index >= 15 is 0 Å². The van der Waals surface area contributed by atoms with Crippen LogP contribution in [0.15, 0.2) is 66.7 Å². The second-order valence-electron chi connectivity index (χ2n) is 7.25. The van der Waals surface area contributed by atoms with Crippen molar-refractivity contribution >= 4 is 12.4 Å². The van der Waals surface area contributed by atoms with Crippen LogP contribution in [0.2, 0.25) is 0 Å². The maximum atomic E-state index is 11.5. The van der Waals surface area contributed by atoms with Gasteiger partial charge in [0.1, 0.15) is 5.69 Å². The molecule has 26 heavy (non-hydrogen) atoms. The molecule has 1 saturated carbocycles. The van der Waals surface area contributed by atoms with E-state index in [0.717, 1.165) is 31.1 Å². The third-order valence-electron chi connectivity index (χ3n) is 5.64. The highest BCUT2D eigenvalue weighted by Crippen LogP contribution is 2.45. The summed E-state index contributed by atoms with van der Waals surface area (Å²) < 4.78 is 2.11. The van der Waals surface area contributed by atoms with E-state index in [0.29, 0.717) is 11.7 Å². The van der Waals surface area contributed by atoms with Gasteiger partial charge in [-0.3, -0.25) is 9.48 Å². The number of aldehydes is 1. The Hall–Kier alpha value is -2.94. The second-order valence-corrected chi connectivity index (χ2v) is 7.25. The first-order chi connectivity index (χ1) is 12.8. The minimum absolute atomic E-state index is 0.234. The lowest BCUT2D eigenvalue weighted by Gasteiger charge is -2.35. The number of hydrogen-bond acceptors (Lipinski definition) is 2. The zero-order valence-corrected chi connectivity index (χ0v) is 14.5. The van der Waals surface area contributed by atoms with E-state index in [-0.39, 0.29) is 5.41 Å². The fourth-order valence-corrected chi connectivity index (χ4v) is 4.15. The standard InChI is InChI=1S/C23H20N2O/c26-16-21-20-13-14-23(17-7-3-1-4-8-17,18-9-5-2-6-10-18)15-22(20)25(24-21)19-11-12-19/h1-10,13-14,16,19H,11-12,15H2. The molecular formula is C23H20N2O. The van der Waals surface area contributed by atoms with E-state index in [9.17, 15) is 4.79 Å². The van der Waals surface area contributed by atoms with Crippen LogP contribution in [0.1, 0.15) is 51.8 Å². The first-order valence-electron chi connectivity index (χ1n) is 9.19. The Morgan fingerprint density at radius 1 is 0.962 bits per heavy atom. The summed E-state index contributed by atoms with van der Waals surface area (Å²) in [5, 5.41) is 4.62. The summed E-state index contributed by atoms with van der Waals surface area (Å²) in [6.07, 6.45) is 8.38. The number of carbonyl (C=O) groups is 1. The van der Waals surface area contributed by atoms with Gasteiger partial charge >= 0.3 is 0 Å². The molecule has 0 saturated heterocycles. The van der Waals surface area contributed by atoms with Crippen molar-refractivity contribution in [3.63, 3.8) is 0 Å². The van der Waals surface area contributed by atoms with E-state index in [2.05, 4.69) is 82.6 Å². The molecular weight excluding hydrogens is 320 g/mol. The van der Waals surface area contributed by atoms with Crippen LogP contribution >= 0.6 is 0 Å². The molecule has 1 heterocycles. The lowest BCUT2D eigenvalue weighted by molar-refractivity contribution is 0.111. The quantitative estimate of drug-likeness (QED) is 0.651. The van der Waals surface area contributed by atoms with Crippen LogP contribution in [0.3, 0.4) is 0 Å².